The average molecular weight is 356 g/mol. The van der Waals surface area contributed by atoms with E-state index in [2.05, 4.69) is 5.32 Å². The van der Waals surface area contributed by atoms with Crippen LogP contribution in [0, 0.1) is 0 Å². The molecule has 0 unspecified atom stereocenters. The Hall–Kier alpha value is -0.710. The Balaban J connectivity index is 1.75. The first-order valence-corrected chi connectivity index (χ1v) is 8.75. The lowest BCUT2D eigenvalue weighted by Crippen LogP contribution is -2.39. The summed E-state index contributed by atoms with van der Waals surface area (Å²) in [6.07, 6.45) is 0. The summed E-state index contributed by atoms with van der Waals surface area (Å²) in [7, 11) is 0. The van der Waals surface area contributed by atoms with Crippen LogP contribution in [0.15, 0.2) is 53.4 Å². The molecular formula is C17H19Cl2NOS. The molecule has 0 heterocycles. The molecule has 2 nitrogen and oxygen atoms in total. The number of halogens is 2. The zero-order chi connectivity index (χ0) is 16.0. The van der Waals surface area contributed by atoms with Gasteiger partial charge in [0.05, 0.1) is 5.60 Å². The van der Waals surface area contributed by atoms with Crippen LogP contribution in [-0.2, 0) is 6.54 Å². The van der Waals surface area contributed by atoms with Crippen LogP contribution in [0.25, 0.3) is 0 Å². The Morgan fingerprint density at radius 1 is 1.00 bits per heavy atom. The molecule has 0 saturated heterocycles. The second kappa shape index (κ2) is 8.23. The van der Waals surface area contributed by atoms with Crippen LogP contribution < -0.4 is 5.32 Å². The minimum Gasteiger partial charge on any atom is -0.388 e. The third-order valence-corrected chi connectivity index (χ3v) is 4.99. The topological polar surface area (TPSA) is 32.3 Å². The second-order valence-corrected chi connectivity index (χ2v) is 7.39. The fourth-order valence-corrected chi connectivity index (χ4v) is 3.06. The van der Waals surface area contributed by atoms with E-state index in [0.29, 0.717) is 18.8 Å². The van der Waals surface area contributed by atoms with Crippen molar-refractivity contribution in [2.45, 2.75) is 24.0 Å². The molecule has 118 valence electrons. The van der Waals surface area contributed by atoms with Gasteiger partial charge in [-0.3, -0.25) is 0 Å². The fraction of sp³-hybridized carbons (Fsp3) is 0.294. The monoisotopic (exact) mass is 355 g/mol. The first-order valence-electron chi connectivity index (χ1n) is 7.00. The van der Waals surface area contributed by atoms with Crippen molar-refractivity contribution in [1.82, 2.24) is 5.32 Å². The first kappa shape index (κ1) is 17.6. The van der Waals surface area contributed by atoms with E-state index in [1.54, 1.807) is 11.8 Å². The molecule has 0 saturated carbocycles. The van der Waals surface area contributed by atoms with Gasteiger partial charge >= 0.3 is 0 Å². The Labute approximate surface area is 145 Å². The maximum absolute atomic E-state index is 10.4. The van der Waals surface area contributed by atoms with Crippen molar-refractivity contribution in [2.24, 2.45) is 0 Å². The van der Waals surface area contributed by atoms with Gasteiger partial charge in [-0.15, -0.1) is 11.8 Å². The van der Waals surface area contributed by atoms with E-state index >= 15 is 0 Å². The molecule has 2 N–H and O–H groups in total. The van der Waals surface area contributed by atoms with Crippen molar-refractivity contribution in [3.8, 4) is 0 Å². The molecule has 0 aliphatic rings. The maximum atomic E-state index is 10.4. The molecule has 1 atom stereocenters. The summed E-state index contributed by atoms with van der Waals surface area (Å²) in [5.41, 5.74) is 0.363. The molecule has 0 aliphatic carbocycles. The van der Waals surface area contributed by atoms with Gasteiger partial charge in [-0.2, -0.15) is 0 Å². The number of thioether (sulfide) groups is 1. The van der Waals surface area contributed by atoms with E-state index in [0.717, 1.165) is 20.5 Å². The highest BCUT2D eigenvalue weighted by Crippen LogP contribution is 2.24. The van der Waals surface area contributed by atoms with Gasteiger partial charge in [0.1, 0.15) is 0 Å². The van der Waals surface area contributed by atoms with Gasteiger partial charge < -0.3 is 10.4 Å². The fourth-order valence-electron chi connectivity index (χ4n) is 1.90. The van der Waals surface area contributed by atoms with E-state index in [9.17, 15) is 5.11 Å². The lowest BCUT2D eigenvalue weighted by atomic mass is 10.1. The van der Waals surface area contributed by atoms with Crippen molar-refractivity contribution in [1.29, 1.82) is 0 Å². The Morgan fingerprint density at radius 2 is 1.55 bits per heavy atom. The quantitative estimate of drug-likeness (QED) is 0.710. The largest absolute Gasteiger partial charge is 0.388 e. The van der Waals surface area contributed by atoms with Crippen LogP contribution in [0.2, 0.25) is 10.0 Å². The summed E-state index contributed by atoms with van der Waals surface area (Å²) in [6.45, 7) is 3.07. The number of hydrogen-bond donors (Lipinski definition) is 2. The lowest BCUT2D eigenvalue weighted by Gasteiger charge is -2.23. The van der Waals surface area contributed by atoms with Gasteiger partial charge in [0, 0.05) is 33.8 Å². The molecule has 22 heavy (non-hydrogen) atoms. The molecule has 5 heteroatoms. The van der Waals surface area contributed by atoms with Crippen molar-refractivity contribution >= 4 is 35.0 Å². The number of nitrogens with one attached hydrogen (secondary N) is 1. The van der Waals surface area contributed by atoms with E-state index in [1.807, 2.05) is 55.5 Å². The molecule has 0 aromatic heterocycles. The summed E-state index contributed by atoms with van der Waals surface area (Å²) < 4.78 is 0. The van der Waals surface area contributed by atoms with Crippen molar-refractivity contribution in [2.75, 3.05) is 12.3 Å². The van der Waals surface area contributed by atoms with Gasteiger partial charge in [0.2, 0.25) is 0 Å². The second-order valence-electron chi connectivity index (χ2n) is 5.47. The van der Waals surface area contributed by atoms with Gasteiger partial charge in [-0.25, -0.2) is 0 Å². The van der Waals surface area contributed by atoms with Crippen molar-refractivity contribution < 1.29 is 5.11 Å². The first-order chi connectivity index (χ1) is 10.4. The highest BCUT2D eigenvalue weighted by molar-refractivity contribution is 7.99. The normalized spacial score (nSPS) is 13.8. The summed E-state index contributed by atoms with van der Waals surface area (Å²) in [5, 5.41) is 15.2. The zero-order valence-corrected chi connectivity index (χ0v) is 14.7. The molecule has 0 fully saturated rings. The van der Waals surface area contributed by atoms with Crippen LogP contribution in [0.4, 0.5) is 0 Å². The molecule has 0 spiro atoms. The molecular weight excluding hydrogens is 337 g/mol. The third kappa shape index (κ3) is 6.19. The Morgan fingerprint density at radius 3 is 2.14 bits per heavy atom. The average Bonchev–Trinajstić information content (AvgIpc) is 2.49. The van der Waals surface area contributed by atoms with Crippen molar-refractivity contribution in [3.05, 3.63) is 64.1 Å². The Kier molecular flexibility index (Phi) is 6.60. The van der Waals surface area contributed by atoms with E-state index in [-0.39, 0.29) is 0 Å². The molecule has 0 radical (unpaired) electrons. The highest BCUT2D eigenvalue weighted by Gasteiger charge is 2.20. The predicted molar refractivity (Wildman–Crippen MR) is 96.0 cm³/mol. The van der Waals surface area contributed by atoms with Gasteiger partial charge in [0.25, 0.3) is 0 Å². The third-order valence-electron chi connectivity index (χ3n) is 3.11. The van der Waals surface area contributed by atoms with E-state index < -0.39 is 5.60 Å². The van der Waals surface area contributed by atoms with Crippen LogP contribution in [0.3, 0.4) is 0 Å². The lowest BCUT2D eigenvalue weighted by molar-refractivity contribution is 0.0845. The van der Waals surface area contributed by atoms with Crippen LogP contribution in [0.1, 0.15) is 12.5 Å². The van der Waals surface area contributed by atoms with Crippen LogP contribution in [0.5, 0.6) is 0 Å². The Bertz CT molecular complexity index is 585. The van der Waals surface area contributed by atoms with Gasteiger partial charge in [-0.1, -0.05) is 35.3 Å². The molecule has 2 rings (SSSR count). The van der Waals surface area contributed by atoms with E-state index in [4.69, 9.17) is 23.2 Å². The summed E-state index contributed by atoms with van der Waals surface area (Å²) >= 11 is 13.3. The van der Waals surface area contributed by atoms with Gasteiger partial charge in [-0.05, 0) is 48.9 Å². The summed E-state index contributed by atoms with van der Waals surface area (Å²) in [4.78, 5) is 1.10. The smallest absolute Gasteiger partial charge is 0.0837 e. The minimum absolute atomic E-state index is 0.524. The highest BCUT2D eigenvalue weighted by atomic mass is 35.5. The zero-order valence-electron chi connectivity index (χ0n) is 12.4. The number of aliphatic hydroxyl groups is 1. The standard InChI is InChI=1S/C17H19Cl2NOS/c1-17(21,12-22-16-8-6-15(19)7-9-16)11-20-10-13-2-4-14(18)5-3-13/h2-9,20-21H,10-12H2,1H3/t17-/m0/s1. The molecule has 0 bridgehead atoms. The number of rotatable bonds is 7. The van der Waals surface area contributed by atoms with E-state index in [1.165, 1.54) is 0 Å². The van der Waals surface area contributed by atoms with Crippen LogP contribution >= 0.6 is 35.0 Å². The van der Waals surface area contributed by atoms with Gasteiger partial charge in [0.15, 0.2) is 0 Å². The molecule has 0 aliphatic heterocycles. The molecule has 2 aromatic carbocycles. The minimum atomic E-state index is -0.781. The maximum Gasteiger partial charge on any atom is 0.0837 e. The SMILES string of the molecule is C[C@](O)(CNCc1ccc(Cl)cc1)CSc1ccc(Cl)cc1. The predicted octanol–water partition coefficient (Wildman–Crippen LogP) is 4.63. The van der Waals surface area contributed by atoms with Crippen LogP contribution in [-0.4, -0.2) is 23.0 Å². The summed E-state index contributed by atoms with van der Waals surface area (Å²) in [6, 6.07) is 15.3. The number of hydrogen-bond acceptors (Lipinski definition) is 3. The van der Waals surface area contributed by atoms with Crippen molar-refractivity contribution in [3.63, 3.8) is 0 Å². The molecule has 0 amide bonds. The molecule has 2 aromatic rings. The number of benzene rings is 2. The summed E-state index contributed by atoms with van der Waals surface area (Å²) in [5.74, 6) is 0.613.